The van der Waals surface area contributed by atoms with Gasteiger partial charge in [0.05, 0.1) is 23.3 Å². The fourth-order valence-corrected chi connectivity index (χ4v) is 3.48. The molecule has 3 aromatic heterocycles. The maximum absolute atomic E-state index is 13.3. The zero-order chi connectivity index (χ0) is 19.8. The number of aromatic nitrogens is 4. The average molecular weight is 383 g/mol. The monoisotopic (exact) mass is 383 g/mol. The van der Waals surface area contributed by atoms with E-state index in [0.29, 0.717) is 39.3 Å². The molecule has 0 radical (unpaired) electrons. The summed E-state index contributed by atoms with van der Waals surface area (Å²) in [4.78, 5) is 29.1. The van der Waals surface area contributed by atoms with E-state index in [0.717, 1.165) is 5.56 Å². The van der Waals surface area contributed by atoms with Crippen molar-refractivity contribution in [3.63, 3.8) is 0 Å². The second kappa shape index (κ2) is 6.87. The van der Waals surface area contributed by atoms with Crippen LogP contribution in [0, 0.1) is 0 Å². The van der Waals surface area contributed by atoms with Gasteiger partial charge in [-0.15, -0.1) is 0 Å². The highest BCUT2D eigenvalue weighted by Crippen LogP contribution is 2.31. The molecule has 5 aromatic rings. The third kappa shape index (κ3) is 2.93. The molecule has 0 saturated heterocycles. The van der Waals surface area contributed by atoms with Crippen molar-refractivity contribution in [3.8, 4) is 11.1 Å². The summed E-state index contributed by atoms with van der Waals surface area (Å²) in [6, 6.07) is 16.5. The van der Waals surface area contributed by atoms with Crippen LogP contribution < -0.4 is 10.7 Å². The quantitative estimate of drug-likeness (QED) is 0.480. The van der Waals surface area contributed by atoms with Gasteiger partial charge >= 0.3 is 0 Å². The van der Waals surface area contributed by atoms with Crippen molar-refractivity contribution in [2.45, 2.75) is 13.0 Å². The summed E-state index contributed by atoms with van der Waals surface area (Å²) >= 11 is 0. The lowest BCUT2D eigenvalue weighted by molar-refractivity contribution is 0.516. The van der Waals surface area contributed by atoms with Gasteiger partial charge in [-0.2, -0.15) is 0 Å². The summed E-state index contributed by atoms with van der Waals surface area (Å²) in [6.07, 6.45) is 3.03. The van der Waals surface area contributed by atoms with Gasteiger partial charge < -0.3 is 14.7 Å². The highest BCUT2D eigenvalue weighted by atomic mass is 16.3. The first-order valence-electron chi connectivity index (χ1n) is 9.24. The summed E-state index contributed by atoms with van der Waals surface area (Å²) in [5.41, 5.74) is 3.10. The summed E-state index contributed by atoms with van der Waals surface area (Å²) < 4.78 is 6.22. The minimum absolute atomic E-state index is 0.0608. The number of nitrogens with one attached hydrogen (secondary N) is 2. The van der Waals surface area contributed by atoms with E-state index in [-0.39, 0.29) is 11.5 Å². The van der Waals surface area contributed by atoms with E-state index in [1.807, 2.05) is 49.4 Å². The maximum Gasteiger partial charge on any atom is 0.200 e. The van der Waals surface area contributed by atoms with Crippen LogP contribution >= 0.6 is 0 Å². The van der Waals surface area contributed by atoms with Gasteiger partial charge in [-0.1, -0.05) is 42.5 Å². The van der Waals surface area contributed by atoms with Crippen LogP contribution in [0.1, 0.15) is 18.7 Å². The first kappa shape index (κ1) is 17.1. The lowest BCUT2D eigenvalue weighted by Gasteiger charge is -2.18. The van der Waals surface area contributed by atoms with Crippen molar-refractivity contribution in [2.24, 2.45) is 0 Å². The maximum atomic E-state index is 13.3. The molecule has 2 N–H and O–H groups in total. The van der Waals surface area contributed by atoms with Crippen molar-refractivity contribution in [2.75, 3.05) is 5.32 Å². The van der Waals surface area contributed by atoms with Gasteiger partial charge in [0.2, 0.25) is 5.43 Å². The summed E-state index contributed by atoms with van der Waals surface area (Å²) in [5.74, 6) is 1.11. The van der Waals surface area contributed by atoms with E-state index in [1.165, 1.54) is 6.33 Å². The molecular formula is C22H17N5O2. The standard InChI is InChI=1S/C22H17N5O2/c1-13(27-22-18-21(24-11-23-18)25-12-26-22)20-17(14-7-3-2-4-8-14)19(28)15-9-5-6-10-16(15)29-20/h2-13H,1H3,(H2,23,24,25,26,27)/t13-/m0/s1. The molecule has 1 atom stereocenters. The molecule has 0 spiro atoms. The van der Waals surface area contributed by atoms with Gasteiger partial charge in [-0.25, -0.2) is 15.0 Å². The Bertz CT molecular complexity index is 1370. The highest BCUT2D eigenvalue weighted by Gasteiger charge is 2.22. The molecule has 0 amide bonds. The average Bonchev–Trinajstić information content (AvgIpc) is 3.24. The molecule has 3 heterocycles. The predicted molar refractivity (Wildman–Crippen MR) is 112 cm³/mol. The van der Waals surface area contributed by atoms with Crippen LogP contribution in [0.3, 0.4) is 0 Å². The Balaban J connectivity index is 1.69. The smallest absolute Gasteiger partial charge is 0.200 e. The predicted octanol–water partition coefficient (Wildman–Crippen LogP) is 4.30. The van der Waals surface area contributed by atoms with Gasteiger partial charge in [0.1, 0.15) is 23.2 Å². The Labute approximate surface area is 165 Å². The largest absolute Gasteiger partial charge is 0.458 e. The molecule has 0 aliphatic rings. The molecule has 5 rings (SSSR count). The molecule has 0 unspecified atom stereocenters. The molecule has 142 valence electrons. The van der Waals surface area contributed by atoms with Crippen LogP contribution in [0.5, 0.6) is 0 Å². The number of para-hydroxylation sites is 1. The molecule has 0 aliphatic carbocycles. The molecule has 7 nitrogen and oxygen atoms in total. The number of aromatic amines is 1. The molecule has 0 aliphatic heterocycles. The molecule has 0 saturated carbocycles. The van der Waals surface area contributed by atoms with Crippen LogP contribution in [0.25, 0.3) is 33.3 Å². The Morgan fingerprint density at radius 1 is 1.00 bits per heavy atom. The zero-order valence-corrected chi connectivity index (χ0v) is 15.6. The minimum atomic E-state index is -0.336. The van der Waals surface area contributed by atoms with E-state index >= 15 is 0 Å². The molecular weight excluding hydrogens is 366 g/mol. The number of fused-ring (bicyclic) bond motifs is 2. The number of hydrogen-bond donors (Lipinski definition) is 2. The number of imidazole rings is 1. The third-order valence-electron chi connectivity index (χ3n) is 4.85. The summed E-state index contributed by atoms with van der Waals surface area (Å²) in [6.45, 7) is 1.93. The van der Waals surface area contributed by atoms with Gasteiger partial charge in [-0.3, -0.25) is 4.79 Å². The fraction of sp³-hybridized carbons (Fsp3) is 0.0909. The first-order valence-corrected chi connectivity index (χ1v) is 9.24. The van der Waals surface area contributed by atoms with Crippen LogP contribution in [-0.2, 0) is 0 Å². The molecule has 2 aromatic carbocycles. The van der Waals surface area contributed by atoms with E-state index in [4.69, 9.17) is 4.42 Å². The SMILES string of the molecule is C[C@H](Nc1ncnc2[nH]cnc12)c1oc2ccccc2c(=O)c1-c1ccccc1. The van der Waals surface area contributed by atoms with Crippen LogP contribution in [0.15, 0.2) is 76.5 Å². The number of benzene rings is 2. The van der Waals surface area contributed by atoms with E-state index in [9.17, 15) is 4.79 Å². The normalized spacial score (nSPS) is 12.3. The second-order valence-corrected chi connectivity index (χ2v) is 6.72. The van der Waals surface area contributed by atoms with Crippen molar-refractivity contribution in [1.82, 2.24) is 19.9 Å². The fourth-order valence-electron chi connectivity index (χ4n) is 3.48. The number of rotatable bonds is 4. The third-order valence-corrected chi connectivity index (χ3v) is 4.85. The van der Waals surface area contributed by atoms with E-state index in [1.54, 1.807) is 18.5 Å². The Morgan fingerprint density at radius 2 is 1.79 bits per heavy atom. The van der Waals surface area contributed by atoms with Crippen molar-refractivity contribution < 1.29 is 4.42 Å². The first-order chi connectivity index (χ1) is 14.2. The van der Waals surface area contributed by atoms with Gasteiger partial charge in [0.15, 0.2) is 11.5 Å². The second-order valence-electron chi connectivity index (χ2n) is 6.72. The van der Waals surface area contributed by atoms with Crippen LogP contribution in [0.2, 0.25) is 0 Å². The van der Waals surface area contributed by atoms with E-state index < -0.39 is 0 Å². The number of nitrogens with zero attached hydrogens (tertiary/aromatic N) is 3. The van der Waals surface area contributed by atoms with Crippen molar-refractivity contribution in [3.05, 3.63) is 83.2 Å². The minimum Gasteiger partial charge on any atom is -0.458 e. The van der Waals surface area contributed by atoms with Gasteiger partial charge in [0, 0.05) is 0 Å². The van der Waals surface area contributed by atoms with Gasteiger partial charge in [0.25, 0.3) is 0 Å². The summed E-state index contributed by atoms with van der Waals surface area (Å²) in [5, 5.41) is 3.88. The van der Waals surface area contributed by atoms with Gasteiger partial charge in [-0.05, 0) is 24.6 Å². The zero-order valence-electron chi connectivity index (χ0n) is 15.6. The lowest BCUT2D eigenvalue weighted by Crippen LogP contribution is -2.15. The Hall–Kier alpha value is -4.00. The molecule has 29 heavy (non-hydrogen) atoms. The lowest BCUT2D eigenvalue weighted by atomic mass is 9.99. The Kier molecular flexibility index (Phi) is 4.05. The number of H-pyrrole nitrogens is 1. The van der Waals surface area contributed by atoms with Crippen molar-refractivity contribution >= 4 is 28.0 Å². The summed E-state index contributed by atoms with van der Waals surface area (Å²) in [7, 11) is 0. The number of hydrogen-bond acceptors (Lipinski definition) is 6. The van der Waals surface area contributed by atoms with Crippen LogP contribution in [0.4, 0.5) is 5.82 Å². The highest BCUT2D eigenvalue weighted by molar-refractivity contribution is 5.84. The number of anilines is 1. The Morgan fingerprint density at radius 3 is 2.66 bits per heavy atom. The van der Waals surface area contributed by atoms with Crippen LogP contribution in [-0.4, -0.2) is 19.9 Å². The van der Waals surface area contributed by atoms with Crippen molar-refractivity contribution in [1.29, 1.82) is 0 Å². The van der Waals surface area contributed by atoms with E-state index in [2.05, 4.69) is 25.3 Å². The molecule has 7 heteroatoms. The topological polar surface area (TPSA) is 96.7 Å². The molecule has 0 bridgehead atoms. The molecule has 0 fully saturated rings.